The van der Waals surface area contributed by atoms with E-state index in [1.807, 2.05) is 85.8 Å². The van der Waals surface area contributed by atoms with E-state index in [-0.39, 0.29) is 38.3 Å². The molecule has 0 bridgehead atoms. The van der Waals surface area contributed by atoms with E-state index in [2.05, 4.69) is 50.3 Å². The second-order valence-corrected chi connectivity index (χ2v) is 13.2. The lowest BCUT2D eigenvalue weighted by atomic mass is 9.80. The molecular formula is C38H50N3O7P. The number of carbonyl (C=O) groups is 1. The number of hydrogen-bond donors (Lipinski definition) is 1. The number of nitrogens with zero attached hydrogens (tertiary/aromatic N) is 2. The van der Waals surface area contributed by atoms with Crippen LogP contribution >= 0.6 is 8.53 Å². The fraction of sp³-hybridized carbons (Fsp3) is 0.421. The van der Waals surface area contributed by atoms with Crippen LogP contribution in [-0.2, 0) is 24.1 Å². The summed E-state index contributed by atoms with van der Waals surface area (Å²) in [6.45, 7) is 14.1. The van der Waals surface area contributed by atoms with Crippen LogP contribution in [-0.4, -0.2) is 69.0 Å². The van der Waals surface area contributed by atoms with Crippen LogP contribution in [0.15, 0.2) is 91.5 Å². The van der Waals surface area contributed by atoms with Gasteiger partial charge in [0.2, 0.25) is 0 Å². The van der Waals surface area contributed by atoms with Crippen LogP contribution in [0.2, 0.25) is 0 Å². The molecule has 0 aliphatic heterocycles. The minimum absolute atomic E-state index is 0.0159. The SMILES string of the molecule is C=CCOC(=O)N[C@@H](COC(c1ccccc1)(c1ccc(OC)cc1)c1ccc(OC)cc1)[C@H](C)OP(OCCC#N)N(C(C)C)C(C)C. The predicted octanol–water partition coefficient (Wildman–Crippen LogP) is 7.97. The molecule has 0 heterocycles. The Morgan fingerprint density at radius 2 is 1.43 bits per heavy atom. The van der Waals surface area contributed by atoms with Crippen molar-refractivity contribution in [1.29, 1.82) is 5.26 Å². The van der Waals surface area contributed by atoms with E-state index in [4.69, 9.17) is 28.0 Å². The summed E-state index contributed by atoms with van der Waals surface area (Å²) in [4.78, 5) is 13.0. The minimum atomic E-state index is -1.61. The maximum atomic E-state index is 13.0. The average Bonchev–Trinajstić information content (AvgIpc) is 3.11. The molecular weight excluding hydrogens is 641 g/mol. The molecule has 11 heteroatoms. The Labute approximate surface area is 292 Å². The van der Waals surface area contributed by atoms with Crippen LogP contribution in [0.3, 0.4) is 0 Å². The number of nitriles is 1. The van der Waals surface area contributed by atoms with E-state index in [0.29, 0.717) is 11.5 Å². The summed E-state index contributed by atoms with van der Waals surface area (Å²) in [5.41, 5.74) is 1.44. The normalized spacial score (nSPS) is 13.4. The number of amides is 1. The van der Waals surface area contributed by atoms with Crippen LogP contribution in [0.25, 0.3) is 0 Å². The Kier molecular flexibility index (Phi) is 16.0. The molecule has 49 heavy (non-hydrogen) atoms. The number of methoxy groups -OCH3 is 2. The number of alkyl carbamates (subject to hydrolysis) is 1. The molecule has 3 rings (SSSR count). The van der Waals surface area contributed by atoms with Gasteiger partial charge in [-0.05, 0) is 75.6 Å². The van der Waals surface area contributed by atoms with Crippen LogP contribution in [0.4, 0.5) is 4.79 Å². The van der Waals surface area contributed by atoms with Gasteiger partial charge in [-0.3, -0.25) is 0 Å². The molecule has 1 unspecified atom stereocenters. The van der Waals surface area contributed by atoms with Crippen LogP contribution < -0.4 is 14.8 Å². The Hall–Kier alpha value is -3.97. The first-order chi connectivity index (χ1) is 23.6. The Morgan fingerprint density at radius 1 is 0.898 bits per heavy atom. The Bertz CT molecular complexity index is 1410. The van der Waals surface area contributed by atoms with Crippen molar-refractivity contribution in [1.82, 2.24) is 9.99 Å². The lowest BCUT2D eigenvalue weighted by molar-refractivity contribution is -0.0188. The maximum Gasteiger partial charge on any atom is 0.407 e. The Balaban J connectivity index is 2.12. The highest BCUT2D eigenvalue weighted by Gasteiger charge is 2.40. The molecule has 0 saturated heterocycles. The van der Waals surface area contributed by atoms with Crippen molar-refractivity contribution in [3.05, 3.63) is 108 Å². The highest BCUT2D eigenvalue weighted by Crippen LogP contribution is 2.48. The molecule has 0 aromatic heterocycles. The van der Waals surface area contributed by atoms with Gasteiger partial charge in [0.15, 0.2) is 0 Å². The number of hydrogen-bond acceptors (Lipinski definition) is 9. The molecule has 0 aliphatic rings. The van der Waals surface area contributed by atoms with Gasteiger partial charge in [0, 0.05) is 12.1 Å². The summed E-state index contributed by atoms with van der Waals surface area (Å²) in [6, 6.07) is 27.0. The van der Waals surface area contributed by atoms with Crippen LogP contribution in [0.5, 0.6) is 11.5 Å². The molecule has 264 valence electrons. The average molecular weight is 692 g/mol. The number of carbonyl (C=O) groups excluding carboxylic acids is 1. The van der Waals surface area contributed by atoms with E-state index < -0.39 is 32.4 Å². The van der Waals surface area contributed by atoms with E-state index in [0.717, 1.165) is 16.7 Å². The van der Waals surface area contributed by atoms with Crippen molar-refractivity contribution in [2.24, 2.45) is 0 Å². The third-order valence-electron chi connectivity index (χ3n) is 7.77. The van der Waals surface area contributed by atoms with E-state index in [1.54, 1.807) is 14.2 Å². The van der Waals surface area contributed by atoms with Gasteiger partial charge in [0.1, 0.15) is 23.7 Å². The first-order valence-electron chi connectivity index (χ1n) is 16.4. The summed E-state index contributed by atoms with van der Waals surface area (Å²) >= 11 is 0. The molecule has 3 aromatic carbocycles. The molecule has 0 fully saturated rings. The number of ether oxygens (including phenoxy) is 4. The van der Waals surface area contributed by atoms with E-state index in [9.17, 15) is 10.1 Å². The molecule has 1 N–H and O–H groups in total. The smallest absolute Gasteiger partial charge is 0.407 e. The summed E-state index contributed by atoms with van der Waals surface area (Å²) < 4.78 is 38.4. The molecule has 0 radical (unpaired) electrons. The van der Waals surface area contributed by atoms with Crippen LogP contribution in [0.1, 0.15) is 57.7 Å². The summed E-state index contributed by atoms with van der Waals surface area (Å²) in [7, 11) is 1.64. The lowest BCUT2D eigenvalue weighted by Crippen LogP contribution is -2.49. The highest BCUT2D eigenvalue weighted by atomic mass is 31.2. The first-order valence-corrected chi connectivity index (χ1v) is 17.5. The van der Waals surface area contributed by atoms with Crippen molar-refractivity contribution in [2.45, 2.75) is 70.9 Å². The topological polar surface area (TPSA) is 112 Å². The zero-order valence-corrected chi connectivity index (χ0v) is 30.5. The van der Waals surface area contributed by atoms with Gasteiger partial charge < -0.3 is 33.3 Å². The number of nitrogens with one attached hydrogen (secondary N) is 1. The van der Waals surface area contributed by atoms with Crippen molar-refractivity contribution < 1.29 is 32.8 Å². The van der Waals surface area contributed by atoms with Crippen molar-refractivity contribution in [3.8, 4) is 17.6 Å². The van der Waals surface area contributed by atoms with Crippen molar-refractivity contribution >= 4 is 14.6 Å². The second-order valence-electron chi connectivity index (χ2n) is 11.8. The zero-order chi connectivity index (χ0) is 35.8. The van der Waals surface area contributed by atoms with Crippen LogP contribution in [0, 0.1) is 11.3 Å². The standard InChI is InChI=1S/C38H50N3O7P/c1-9-25-45-37(42)40-36(30(6)48-49(47-26-13-24-39)41(28(2)3)29(4)5)27-46-38(31-14-11-10-12-15-31,32-16-20-34(43-7)21-17-32)33-18-22-35(44-8)23-19-33/h9-12,14-23,28-30,36H,1,13,25-27H2,2-8H3,(H,40,42)/t30-,36-,49?/m0/s1. The number of rotatable bonds is 20. The molecule has 0 saturated carbocycles. The fourth-order valence-corrected chi connectivity index (χ4v) is 7.16. The van der Waals surface area contributed by atoms with Gasteiger partial charge in [-0.15, -0.1) is 0 Å². The lowest BCUT2D eigenvalue weighted by Gasteiger charge is -2.40. The molecule has 0 spiro atoms. The van der Waals surface area contributed by atoms with Gasteiger partial charge in [-0.25, -0.2) is 9.46 Å². The number of benzene rings is 3. The van der Waals surface area contributed by atoms with E-state index >= 15 is 0 Å². The Morgan fingerprint density at radius 3 is 1.90 bits per heavy atom. The van der Waals surface area contributed by atoms with E-state index in [1.165, 1.54) is 6.08 Å². The summed E-state index contributed by atoms with van der Waals surface area (Å²) in [5, 5.41) is 12.2. The molecule has 1 amide bonds. The van der Waals surface area contributed by atoms with Gasteiger partial charge in [-0.2, -0.15) is 5.26 Å². The third-order valence-corrected chi connectivity index (χ3v) is 9.99. The molecule has 0 aliphatic carbocycles. The minimum Gasteiger partial charge on any atom is -0.497 e. The van der Waals surface area contributed by atoms with Crippen molar-refractivity contribution in [3.63, 3.8) is 0 Å². The van der Waals surface area contributed by atoms with Gasteiger partial charge in [0.05, 0.1) is 52.1 Å². The second kappa shape index (κ2) is 19.9. The fourth-order valence-electron chi connectivity index (χ4n) is 5.42. The van der Waals surface area contributed by atoms with Gasteiger partial charge in [-0.1, -0.05) is 67.3 Å². The largest absolute Gasteiger partial charge is 0.497 e. The maximum absolute atomic E-state index is 13.0. The summed E-state index contributed by atoms with van der Waals surface area (Å²) in [6.07, 6.45) is 0.486. The van der Waals surface area contributed by atoms with Gasteiger partial charge >= 0.3 is 6.09 Å². The third kappa shape index (κ3) is 10.8. The molecule has 10 nitrogen and oxygen atoms in total. The monoisotopic (exact) mass is 691 g/mol. The molecule has 3 aromatic rings. The highest BCUT2D eigenvalue weighted by molar-refractivity contribution is 7.44. The quantitative estimate of drug-likeness (QED) is 0.0546. The zero-order valence-electron chi connectivity index (χ0n) is 29.6. The summed E-state index contributed by atoms with van der Waals surface area (Å²) in [5.74, 6) is 1.41. The molecule has 3 atom stereocenters. The van der Waals surface area contributed by atoms with Crippen molar-refractivity contribution in [2.75, 3.05) is 34.0 Å². The predicted molar refractivity (Wildman–Crippen MR) is 192 cm³/mol. The van der Waals surface area contributed by atoms with Gasteiger partial charge in [0.25, 0.3) is 8.53 Å². The first kappa shape index (κ1) is 39.5.